The van der Waals surface area contributed by atoms with Gasteiger partial charge in [-0.05, 0) is 48.9 Å². The number of amides is 1. The summed E-state index contributed by atoms with van der Waals surface area (Å²) in [4.78, 5) is 12.2. The van der Waals surface area contributed by atoms with Crippen molar-refractivity contribution in [2.45, 2.75) is 19.7 Å². The van der Waals surface area contributed by atoms with Crippen LogP contribution in [0.15, 0.2) is 48.5 Å². The van der Waals surface area contributed by atoms with E-state index in [-0.39, 0.29) is 12.5 Å². The van der Waals surface area contributed by atoms with Gasteiger partial charge in [-0.1, -0.05) is 12.1 Å². The van der Waals surface area contributed by atoms with Crippen molar-refractivity contribution in [2.24, 2.45) is 0 Å². The van der Waals surface area contributed by atoms with Gasteiger partial charge in [-0.15, -0.1) is 0 Å². The fourth-order valence-corrected chi connectivity index (χ4v) is 2.04. The topological polar surface area (TPSA) is 47.6 Å². The molecule has 0 aliphatic rings. The molecule has 0 unspecified atom stereocenters. The van der Waals surface area contributed by atoms with E-state index >= 15 is 0 Å². The number of rotatable bonds is 7. The standard InChI is InChI=1S/C18H18F3NO3/c1-2-25-16-9-7-15(8-10-16)22-17(23)14-5-3-13(4-6-14)11-24-12-18(19,20)21/h3-10H,2,11-12H2,1H3,(H,22,23). The number of alkyl halides is 3. The molecule has 25 heavy (non-hydrogen) atoms. The fraction of sp³-hybridized carbons (Fsp3) is 0.278. The lowest BCUT2D eigenvalue weighted by Crippen LogP contribution is -2.16. The molecule has 0 fully saturated rings. The molecule has 0 bridgehead atoms. The molecule has 0 heterocycles. The zero-order valence-corrected chi connectivity index (χ0v) is 13.6. The highest BCUT2D eigenvalue weighted by Crippen LogP contribution is 2.18. The second kappa shape index (κ2) is 8.53. The maximum absolute atomic E-state index is 12.2. The minimum Gasteiger partial charge on any atom is -0.494 e. The summed E-state index contributed by atoms with van der Waals surface area (Å²) < 4.78 is 45.9. The second-order valence-electron chi connectivity index (χ2n) is 5.22. The zero-order valence-electron chi connectivity index (χ0n) is 13.6. The van der Waals surface area contributed by atoms with Gasteiger partial charge >= 0.3 is 6.18 Å². The van der Waals surface area contributed by atoms with Gasteiger partial charge in [0.1, 0.15) is 12.4 Å². The smallest absolute Gasteiger partial charge is 0.411 e. The van der Waals surface area contributed by atoms with E-state index in [9.17, 15) is 18.0 Å². The predicted molar refractivity (Wildman–Crippen MR) is 87.7 cm³/mol. The van der Waals surface area contributed by atoms with Crippen LogP contribution >= 0.6 is 0 Å². The molecule has 0 aliphatic carbocycles. The minimum absolute atomic E-state index is 0.166. The molecule has 2 aromatic rings. The number of carbonyl (C=O) groups excluding carboxylic acids is 1. The molecule has 0 spiro atoms. The van der Waals surface area contributed by atoms with Gasteiger partial charge in [-0.25, -0.2) is 0 Å². The van der Waals surface area contributed by atoms with Crippen molar-refractivity contribution in [2.75, 3.05) is 18.5 Å². The van der Waals surface area contributed by atoms with Gasteiger partial charge in [-0.2, -0.15) is 13.2 Å². The Balaban J connectivity index is 1.89. The van der Waals surface area contributed by atoms with Gasteiger partial charge in [-0.3, -0.25) is 4.79 Å². The van der Waals surface area contributed by atoms with Gasteiger partial charge in [0.2, 0.25) is 0 Å². The van der Waals surface area contributed by atoms with E-state index in [0.717, 1.165) is 0 Å². The van der Waals surface area contributed by atoms with Gasteiger partial charge in [0.25, 0.3) is 5.91 Å². The predicted octanol–water partition coefficient (Wildman–Crippen LogP) is 4.42. The third-order valence-electron chi connectivity index (χ3n) is 3.17. The Kier molecular flexibility index (Phi) is 6.41. The maximum atomic E-state index is 12.2. The van der Waals surface area contributed by atoms with Crippen molar-refractivity contribution >= 4 is 11.6 Å². The van der Waals surface area contributed by atoms with E-state index in [1.165, 1.54) is 12.1 Å². The molecule has 134 valence electrons. The number of ether oxygens (including phenoxy) is 2. The van der Waals surface area contributed by atoms with Gasteiger partial charge in [0.15, 0.2) is 0 Å². The largest absolute Gasteiger partial charge is 0.494 e. The van der Waals surface area contributed by atoms with Gasteiger partial charge < -0.3 is 14.8 Å². The number of anilines is 1. The molecule has 4 nitrogen and oxygen atoms in total. The first-order valence-corrected chi connectivity index (χ1v) is 7.65. The number of hydrogen-bond acceptors (Lipinski definition) is 3. The first-order chi connectivity index (χ1) is 11.9. The summed E-state index contributed by atoms with van der Waals surface area (Å²) >= 11 is 0. The Hall–Kier alpha value is -2.54. The lowest BCUT2D eigenvalue weighted by atomic mass is 10.1. The molecule has 1 amide bonds. The molecule has 0 atom stereocenters. The van der Waals surface area contributed by atoms with Crippen LogP contribution in [0.1, 0.15) is 22.8 Å². The Bertz CT molecular complexity index is 682. The summed E-state index contributed by atoms with van der Waals surface area (Å²) in [5.41, 5.74) is 1.57. The van der Waals surface area contributed by atoms with E-state index in [2.05, 4.69) is 10.1 Å². The monoisotopic (exact) mass is 353 g/mol. The molecule has 0 saturated heterocycles. The van der Waals surface area contributed by atoms with Crippen LogP contribution < -0.4 is 10.1 Å². The third kappa shape index (κ3) is 6.46. The zero-order chi connectivity index (χ0) is 18.3. The van der Waals surface area contributed by atoms with Crippen LogP contribution in [0.4, 0.5) is 18.9 Å². The van der Waals surface area contributed by atoms with E-state index in [4.69, 9.17) is 4.74 Å². The third-order valence-corrected chi connectivity index (χ3v) is 3.17. The second-order valence-corrected chi connectivity index (χ2v) is 5.22. The molecular formula is C18H18F3NO3. The highest BCUT2D eigenvalue weighted by molar-refractivity contribution is 6.04. The normalized spacial score (nSPS) is 11.2. The Morgan fingerprint density at radius 2 is 1.68 bits per heavy atom. The fourth-order valence-electron chi connectivity index (χ4n) is 2.04. The molecule has 0 aliphatic heterocycles. The summed E-state index contributed by atoms with van der Waals surface area (Å²) in [5.74, 6) is 0.399. The molecule has 0 aromatic heterocycles. The minimum atomic E-state index is -4.35. The average molecular weight is 353 g/mol. The van der Waals surface area contributed by atoms with E-state index in [0.29, 0.717) is 29.2 Å². The quantitative estimate of drug-likeness (QED) is 0.802. The Morgan fingerprint density at radius 3 is 2.24 bits per heavy atom. The van der Waals surface area contributed by atoms with Gasteiger partial charge in [0.05, 0.1) is 13.2 Å². The first-order valence-electron chi connectivity index (χ1n) is 7.65. The molecule has 2 aromatic carbocycles. The van der Waals surface area contributed by atoms with Crippen molar-refractivity contribution in [3.8, 4) is 5.75 Å². The molecule has 7 heteroatoms. The van der Waals surface area contributed by atoms with Crippen molar-refractivity contribution in [1.82, 2.24) is 0 Å². The Morgan fingerprint density at radius 1 is 1.04 bits per heavy atom. The lowest BCUT2D eigenvalue weighted by molar-refractivity contribution is -0.176. The number of nitrogens with one attached hydrogen (secondary N) is 1. The maximum Gasteiger partial charge on any atom is 0.411 e. The van der Waals surface area contributed by atoms with Crippen molar-refractivity contribution in [3.63, 3.8) is 0 Å². The first kappa shape index (κ1) is 18.8. The van der Waals surface area contributed by atoms with Crippen LogP contribution in [0.25, 0.3) is 0 Å². The van der Waals surface area contributed by atoms with Crippen molar-refractivity contribution in [3.05, 3.63) is 59.7 Å². The summed E-state index contributed by atoms with van der Waals surface area (Å²) in [7, 11) is 0. The van der Waals surface area contributed by atoms with Crippen molar-refractivity contribution in [1.29, 1.82) is 0 Å². The Labute approximate surface area is 143 Å². The van der Waals surface area contributed by atoms with Crippen LogP contribution in [0.5, 0.6) is 5.75 Å². The van der Waals surface area contributed by atoms with Crippen LogP contribution in [0.2, 0.25) is 0 Å². The lowest BCUT2D eigenvalue weighted by Gasteiger charge is -2.09. The van der Waals surface area contributed by atoms with Crippen LogP contribution in [-0.4, -0.2) is 25.3 Å². The molecule has 2 rings (SSSR count). The van der Waals surface area contributed by atoms with E-state index < -0.39 is 12.8 Å². The molecule has 0 saturated carbocycles. The highest BCUT2D eigenvalue weighted by Gasteiger charge is 2.27. The summed E-state index contributed by atoms with van der Waals surface area (Å²) in [6.07, 6.45) is -4.35. The summed E-state index contributed by atoms with van der Waals surface area (Å²) in [6.45, 7) is 0.978. The number of carbonyl (C=O) groups is 1. The van der Waals surface area contributed by atoms with Crippen molar-refractivity contribution < 1.29 is 27.4 Å². The SMILES string of the molecule is CCOc1ccc(NC(=O)c2ccc(COCC(F)(F)F)cc2)cc1. The van der Waals surface area contributed by atoms with E-state index in [1.54, 1.807) is 36.4 Å². The van der Waals surface area contributed by atoms with Gasteiger partial charge in [0, 0.05) is 11.3 Å². The highest BCUT2D eigenvalue weighted by atomic mass is 19.4. The average Bonchev–Trinajstić information content (AvgIpc) is 2.56. The number of benzene rings is 2. The van der Waals surface area contributed by atoms with Crippen LogP contribution in [-0.2, 0) is 11.3 Å². The molecule has 1 N–H and O–H groups in total. The molecular weight excluding hydrogens is 335 g/mol. The number of hydrogen-bond donors (Lipinski definition) is 1. The van der Waals surface area contributed by atoms with Crippen LogP contribution in [0, 0.1) is 0 Å². The van der Waals surface area contributed by atoms with Crippen LogP contribution in [0.3, 0.4) is 0 Å². The summed E-state index contributed by atoms with van der Waals surface area (Å²) in [6, 6.07) is 13.1. The van der Waals surface area contributed by atoms with E-state index in [1.807, 2.05) is 6.92 Å². The number of halogens is 3. The summed E-state index contributed by atoms with van der Waals surface area (Å²) in [5, 5.41) is 2.74. The molecule has 0 radical (unpaired) electrons.